The number of nitrogens with zero attached hydrogens (tertiary/aromatic N) is 2. The van der Waals surface area contributed by atoms with Gasteiger partial charge in [-0.3, -0.25) is 4.79 Å². The van der Waals surface area contributed by atoms with Gasteiger partial charge in [0.1, 0.15) is 5.76 Å². The molecule has 0 bridgehead atoms. The maximum Gasteiger partial charge on any atom is 0.280 e. The molecule has 2 aromatic rings. The zero-order valence-corrected chi connectivity index (χ0v) is 13.0. The predicted octanol–water partition coefficient (Wildman–Crippen LogP) is 3.65. The first-order chi connectivity index (χ1) is 9.59. The Morgan fingerprint density at radius 1 is 1.40 bits per heavy atom. The number of aromatic nitrogens is 1. The third-order valence-corrected chi connectivity index (χ3v) is 4.68. The van der Waals surface area contributed by atoms with Crippen molar-refractivity contribution < 1.29 is 9.21 Å². The number of amides is 1. The third-order valence-electron chi connectivity index (χ3n) is 3.68. The first kappa shape index (κ1) is 13.4. The number of halogens is 1. The van der Waals surface area contributed by atoms with Crippen molar-refractivity contribution in [3.8, 4) is 0 Å². The van der Waals surface area contributed by atoms with Gasteiger partial charge in [0, 0.05) is 11.0 Å². The van der Waals surface area contributed by atoms with E-state index in [0.717, 1.165) is 28.6 Å². The second kappa shape index (κ2) is 5.05. The Morgan fingerprint density at radius 3 is 2.90 bits per heavy atom. The normalized spacial score (nSPS) is 14.2. The van der Waals surface area contributed by atoms with Crippen LogP contribution in [0.3, 0.4) is 0 Å². The van der Waals surface area contributed by atoms with Gasteiger partial charge in [-0.1, -0.05) is 12.1 Å². The van der Waals surface area contributed by atoms with Crippen molar-refractivity contribution in [3.63, 3.8) is 0 Å². The molecule has 1 aromatic heterocycles. The molecule has 0 N–H and O–H groups in total. The lowest BCUT2D eigenvalue weighted by molar-refractivity contribution is 0.0979. The molecule has 3 rings (SSSR count). The summed E-state index contributed by atoms with van der Waals surface area (Å²) in [5.74, 6) is 0.467. The number of carbonyl (C=O) groups excluding carboxylic acids is 1. The molecule has 20 heavy (non-hydrogen) atoms. The van der Waals surface area contributed by atoms with Crippen LogP contribution < -0.4 is 4.90 Å². The molecule has 1 aliphatic heterocycles. The summed E-state index contributed by atoms with van der Waals surface area (Å²) in [4.78, 5) is 18.5. The zero-order valence-electron chi connectivity index (χ0n) is 11.4. The van der Waals surface area contributed by atoms with E-state index in [1.165, 1.54) is 12.0 Å². The fourth-order valence-electron chi connectivity index (χ4n) is 2.58. The van der Waals surface area contributed by atoms with Crippen LogP contribution in [0.25, 0.3) is 0 Å². The van der Waals surface area contributed by atoms with Gasteiger partial charge >= 0.3 is 0 Å². The zero-order chi connectivity index (χ0) is 14.3. The summed E-state index contributed by atoms with van der Waals surface area (Å²) in [6, 6.07) is 4.18. The second-order valence-corrected chi connectivity index (χ2v) is 5.81. The number of rotatable bonds is 1. The Hall–Kier alpha value is -1.62. The molecule has 1 aliphatic rings. The van der Waals surface area contributed by atoms with Crippen LogP contribution >= 0.6 is 15.9 Å². The number of hydrogen-bond acceptors (Lipinski definition) is 3. The van der Waals surface area contributed by atoms with Gasteiger partial charge in [-0.15, -0.1) is 0 Å². The summed E-state index contributed by atoms with van der Waals surface area (Å²) in [6.07, 6.45) is 3.28. The van der Waals surface area contributed by atoms with E-state index in [1.807, 2.05) is 6.92 Å². The van der Waals surface area contributed by atoms with Gasteiger partial charge < -0.3 is 9.32 Å². The highest BCUT2D eigenvalue weighted by Gasteiger charge is 2.28. The molecule has 5 heteroatoms. The SMILES string of the molecule is Cc1ccc2c(c1Br)N(C(=O)c1ncoc1C)CCC2. The number of oxazole rings is 1. The topological polar surface area (TPSA) is 46.3 Å². The molecule has 0 radical (unpaired) electrons. The molecule has 4 nitrogen and oxygen atoms in total. The van der Waals surface area contributed by atoms with E-state index in [0.29, 0.717) is 18.0 Å². The number of fused-ring (bicyclic) bond motifs is 1. The monoisotopic (exact) mass is 334 g/mol. The minimum Gasteiger partial charge on any atom is -0.448 e. The summed E-state index contributed by atoms with van der Waals surface area (Å²) >= 11 is 3.62. The van der Waals surface area contributed by atoms with Gasteiger partial charge in [-0.25, -0.2) is 4.98 Å². The van der Waals surface area contributed by atoms with Gasteiger partial charge in [-0.05, 0) is 53.7 Å². The van der Waals surface area contributed by atoms with Crippen LogP contribution in [0.4, 0.5) is 5.69 Å². The molecule has 0 saturated carbocycles. The van der Waals surface area contributed by atoms with Crippen LogP contribution in [0, 0.1) is 13.8 Å². The average molecular weight is 335 g/mol. The Labute approximate surface area is 125 Å². The van der Waals surface area contributed by atoms with Crippen molar-refractivity contribution >= 4 is 27.5 Å². The van der Waals surface area contributed by atoms with Crippen molar-refractivity contribution in [1.82, 2.24) is 4.98 Å². The molecule has 104 valence electrons. The molecule has 0 saturated heterocycles. The van der Waals surface area contributed by atoms with Crippen LogP contribution in [-0.4, -0.2) is 17.4 Å². The van der Waals surface area contributed by atoms with Crippen LogP contribution in [0.15, 0.2) is 27.4 Å². The molecule has 0 fully saturated rings. The largest absolute Gasteiger partial charge is 0.448 e. The molecule has 0 unspecified atom stereocenters. The van der Waals surface area contributed by atoms with E-state index in [4.69, 9.17) is 4.42 Å². The van der Waals surface area contributed by atoms with Gasteiger partial charge in [0.15, 0.2) is 12.1 Å². The Kier molecular flexibility index (Phi) is 3.38. The van der Waals surface area contributed by atoms with E-state index >= 15 is 0 Å². The van der Waals surface area contributed by atoms with E-state index in [9.17, 15) is 4.79 Å². The summed E-state index contributed by atoms with van der Waals surface area (Å²) in [5, 5.41) is 0. The summed E-state index contributed by atoms with van der Waals surface area (Å²) in [5.41, 5.74) is 3.69. The van der Waals surface area contributed by atoms with E-state index < -0.39 is 0 Å². The minimum atomic E-state index is -0.0940. The lowest BCUT2D eigenvalue weighted by Crippen LogP contribution is -2.36. The average Bonchev–Trinajstić information content (AvgIpc) is 2.88. The highest BCUT2D eigenvalue weighted by atomic mass is 79.9. The summed E-state index contributed by atoms with van der Waals surface area (Å²) < 4.78 is 6.14. The van der Waals surface area contributed by atoms with Crippen LogP contribution in [0.1, 0.15) is 33.8 Å². The number of hydrogen-bond donors (Lipinski definition) is 0. The number of aryl methyl sites for hydroxylation is 3. The molecule has 0 spiro atoms. The highest BCUT2D eigenvalue weighted by molar-refractivity contribution is 9.10. The van der Waals surface area contributed by atoms with Crippen molar-refractivity contribution in [3.05, 3.63) is 45.6 Å². The molecule has 1 amide bonds. The standard InChI is InChI=1S/C15H15BrN2O2/c1-9-5-6-11-4-3-7-18(14(11)12(9)16)15(19)13-10(2)20-8-17-13/h5-6,8H,3-4,7H2,1-2H3. The second-order valence-electron chi connectivity index (χ2n) is 5.02. The van der Waals surface area contributed by atoms with E-state index in [-0.39, 0.29) is 5.91 Å². The quantitative estimate of drug-likeness (QED) is 0.799. The van der Waals surface area contributed by atoms with Crippen molar-refractivity contribution in [2.75, 3.05) is 11.4 Å². The van der Waals surface area contributed by atoms with Crippen molar-refractivity contribution in [1.29, 1.82) is 0 Å². The van der Waals surface area contributed by atoms with E-state index in [2.05, 4.69) is 33.0 Å². The van der Waals surface area contributed by atoms with E-state index in [1.54, 1.807) is 11.8 Å². The number of benzene rings is 1. The van der Waals surface area contributed by atoms with Crippen LogP contribution in [-0.2, 0) is 6.42 Å². The smallest absolute Gasteiger partial charge is 0.280 e. The van der Waals surface area contributed by atoms with Gasteiger partial charge in [0.25, 0.3) is 5.91 Å². The Balaban J connectivity index is 2.08. The lowest BCUT2D eigenvalue weighted by atomic mass is 9.99. The molecule has 1 aromatic carbocycles. The highest BCUT2D eigenvalue weighted by Crippen LogP contribution is 2.37. The van der Waals surface area contributed by atoms with Gasteiger partial charge in [0.2, 0.25) is 0 Å². The Morgan fingerprint density at radius 2 is 2.20 bits per heavy atom. The van der Waals surface area contributed by atoms with Gasteiger partial charge in [-0.2, -0.15) is 0 Å². The number of anilines is 1. The summed E-state index contributed by atoms with van der Waals surface area (Å²) in [7, 11) is 0. The summed E-state index contributed by atoms with van der Waals surface area (Å²) in [6.45, 7) is 4.50. The molecule has 0 aliphatic carbocycles. The maximum absolute atomic E-state index is 12.7. The fourth-order valence-corrected chi connectivity index (χ4v) is 3.18. The van der Waals surface area contributed by atoms with Crippen LogP contribution in [0.2, 0.25) is 0 Å². The lowest BCUT2D eigenvalue weighted by Gasteiger charge is -2.30. The van der Waals surface area contributed by atoms with Crippen molar-refractivity contribution in [2.45, 2.75) is 26.7 Å². The Bertz CT molecular complexity index is 679. The molecular formula is C15H15BrN2O2. The molecule has 2 heterocycles. The van der Waals surface area contributed by atoms with Crippen molar-refractivity contribution in [2.24, 2.45) is 0 Å². The van der Waals surface area contributed by atoms with Crippen LogP contribution in [0.5, 0.6) is 0 Å². The first-order valence-electron chi connectivity index (χ1n) is 6.59. The first-order valence-corrected chi connectivity index (χ1v) is 7.39. The maximum atomic E-state index is 12.7. The molecule has 0 atom stereocenters. The third kappa shape index (κ3) is 2.06. The minimum absolute atomic E-state index is 0.0940. The predicted molar refractivity (Wildman–Crippen MR) is 80.1 cm³/mol. The van der Waals surface area contributed by atoms with Gasteiger partial charge in [0.05, 0.1) is 5.69 Å². The molecular weight excluding hydrogens is 320 g/mol. The number of carbonyl (C=O) groups is 1. The fraction of sp³-hybridized carbons (Fsp3) is 0.333.